The van der Waals surface area contributed by atoms with Gasteiger partial charge in [-0.2, -0.15) is 5.26 Å². The molecule has 0 fully saturated rings. The molecule has 1 N–H and O–H groups in total. The van der Waals surface area contributed by atoms with Crippen LogP contribution < -0.4 is 0 Å². The van der Waals surface area contributed by atoms with Crippen molar-refractivity contribution in [3.05, 3.63) is 63.0 Å². The highest BCUT2D eigenvalue weighted by Gasteiger charge is 2.04. The van der Waals surface area contributed by atoms with Crippen molar-refractivity contribution in [3.63, 3.8) is 0 Å². The fraction of sp³-hybridized carbons (Fsp3) is 0. The summed E-state index contributed by atoms with van der Waals surface area (Å²) in [4.78, 5) is 10.4. The largest absolute Gasteiger partial charge is 0.506 e. The first-order valence-electron chi connectivity index (χ1n) is 5.68. The first-order valence-corrected chi connectivity index (χ1v) is 6.47. The van der Waals surface area contributed by atoms with E-state index < -0.39 is 0 Å². The van der Waals surface area contributed by atoms with Crippen molar-refractivity contribution < 1.29 is 5.11 Å². The number of benzene rings is 2. The van der Waals surface area contributed by atoms with Gasteiger partial charge in [0.15, 0.2) is 0 Å². The second-order valence-electron chi connectivity index (χ2n) is 4.02. The number of rotatable bonds is 3. The van der Waals surface area contributed by atoms with Gasteiger partial charge in [-0.15, -0.1) is 4.91 Å². The number of allylic oxidation sites excluding steroid dienone is 1. The molecule has 0 unspecified atom stereocenters. The maximum atomic E-state index is 10.4. The molecule has 0 atom stereocenters. The highest BCUT2D eigenvalue weighted by Crippen LogP contribution is 2.28. The smallest absolute Gasteiger partial charge is 0.149 e. The van der Waals surface area contributed by atoms with E-state index in [0.717, 1.165) is 10.0 Å². The minimum absolute atomic E-state index is 0.0238. The van der Waals surface area contributed by atoms with E-state index >= 15 is 0 Å². The molecule has 4 nitrogen and oxygen atoms in total. The molecule has 0 spiro atoms. The summed E-state index contributed by atoms with van der Waals surface area (Å²) in [5, 5.41) is 21.5. The molecule has 0 aliphatic rings. The molecule has 0 aromatic heterocycles. The minimum Gasteiger partial charge on any atom is -0.506 e. The van der Waals surface area contributed by atoms with Gasteiger partial charge >= 0.3 is 0 Å². The van der Waals surface area contributed by atoms with E-state index in [0.29, 0.717) is 11.1 Å². The van der Waals surface area contributed by atoms with Gasteiger partial charge in [-0.05, 0) is 46.6 Å². The number of halogens is 1. The Labute approximate surface area is 124 Å². The van der Waals surface area contributed by atoms with Crippen molar-refractivity contribution in [2.45, 2.75) is 0 Å². The Morgan fingerprint density at radius 1 is 1.25 bits per heavy atom. The second kappa shape index (κ2) is 6.13. The SMILES string of the molecule is N#C/C(=C\c1ccc(N=O)c(O)c1)c1ccc(Br)cc1. The molecule has 98 valence electrons. The number of phenolic OH excluding ortho intramolecular Hbond substituents is 1. The fourth-order valence-electron chi connectivity index (χ4n) is 1.68. The summed E-state index contributed by atoms with van der Waals surface area (Å²) in [6.45, 7) is 0. The van der Waals surface area contributed by atoms with Gasteiger partial charge in [0, 0.05) is 4.47 Å². The van der Waals surface area contributed by atoms with E-state index in [4.69, 9.17) is 0 Å². The lowest BCUT2D eigenvalue weighted by Gasteiger charge is -2.01. The topological polar surface area (TPSA) is 73.5 Å². The van der Waals surface area contributed by atoms with Gasteiger partial charge in [0.2, 0.25) is 0 Å². The Hall–Kier alpha value is -2.45. The van der Waals surface area contributed by atoms with Gasteiger partial charge in [-0.25, -0.2) is 0 Å². The van der Waals surface area contributed by atoms with Gasteiger partial charge in [-0.1, -0.05) is 34.1 Å². The molecule has 5 heteroatoms. The lowest BCUT2D eigenvalue weighted by Crippen LogP contribution is -1.82. The van der Waals surface area contributed by atoms with E-state index in [-0.39, 0.29) is 11.4 Å². The number of hydrogen-bond acceptors (Lipinski definition) is 4. The molecular weight excluding hydrogens is 320 g/mol. The Bertz CT molecular complexity index is 716. The van der Waals surface area contributed by atoms with Crippen LogP contribution in [0, 0.1) is 16.2 Å². The van der Waals surface area contributed by atoms with Crippen LogP contribution in [0.5, 0.6) is 5.75 Å². The van der Waals surface area contributed by atoms with Crippen molar-refractivity contribution in [3.8, 4) is 11.8 Å². The van der Waals surface area contributed by atoms with Gasteiger partial charge in [-0.3, -0.25) is 0 Å². The van der Waals surface area contributed by atoms with Crippen molar-refractivity contribution in [1.29, 1.82) is 5.26 Å². The lowest BCUT2D eigenvalue weighted by molar-refractivity contribution is 0.476. The summed E-state index contributed by atoms with van der Waals surface area (Å²) in [6, 6.07) is 13.9. The summed E-state index contributed by atoms with van der Waals surface area (Å²) >= 11 is 3.33. The van der Waals surface area contributed by atoms with Crippen LogP contribution >= 0.6 is 15.9 Å². The molecule has 2 aromatic rings. The third kappa shape index (κ3) is 3.11. The molecule has 20 heavy (non-hydrogen) atoms. The summed E-state index contributed by atoms with van der Waals surface area (Å²) < 4.78 is 0.928. The average molecular weight is 329 g/mol. The zero-order chi connectivity index (χ0) is 14.5. The summed E-state index contributed by atoms with van der Waals surface area (Å²) in [7, 11) is 0. The summed E-state index contributed by atoms with van der Waals surface area (Å²) in [6.07, 6.45) is 1.64. The van der Waals surface area contributed by atoms with E-state index in [2.05, 4.69) is 27.2 Å². The van der Waals surface area contributed by atoms with Crippen molar-refractivity contribution in [2.24, 2.45) is 5.18 Å². The molecule has 0 saturated carbocycles. The number of nitriles is 1. The third-order valence-electron chi connectivity index (χ3n) is 2.68. The first-order chi connectivity index (χ1) is 9.63. The normalized spacial score (nSPS) is 10.9. The summed E-state index contributed by atoms with van der Waals surface area (Å²) in [5.41, 5.74) is 1.83. The monoisotopic (exact) mass is 328 g/mol. The quantitative estimate of drug-likeness (QED) is 0.507. The highest BCUT2D eigenvalue weighted by molar-refractivity contribution is 9.10. The molecule has 0 aliphatic carbocycles. The molecule has 0 radical (unpaired) electrons. The van der Waals surface area contributed by atoms with E-state index in [9.17, 15) is 15.3 Å². The molecule has 0 saturated heterocycles. The van der Waals surface area contributed by atoms with Gasteiger partial charge in [0.1, 0.15) is 11.4 Å². The zero-order valence-corrected chi connectivity index (χ0v) is 11.8. The highest BCUT2D eigenvalue weighted by atomic mass is 79.9. The molecule has 2 aromatic carbocycles. The van der Waals surface area contributed by atoms with E-state index in [1.54, 1.807) is 12.1 Å². The zero-order valence-electron chi connectivity index (χ0n) is 10.2. The standard InChI is InChI=1S/C15H9BrN2O2/c16-13-4-2-11(3-5-13)12(9-17)7-10-1-6-14(18-20)15(19)8-10/h1-8,19H/b12-7+. The predicted molar refractivity (Wildman–Crippen MR) is 81.2 cm³/mol. The molecule has 0 aliphatic heterocycles. The van der Waals surface area contributed by atoms with E-state index in [1.165, 1.54) is 12.1 Å². The summed E-state index contributed by atoms with van der Waals surface area (Å²) in [5.74, 6) is -0.207. The predicted octanol–water partition coefficient (Wildman–Crippen LogP) is 4.62. The van der Waals surface area contributed by atoms with Crippen LogP contribution in [0.1, 0.15) is 11.1 Å². The Morgan fingerprint density at radius 3 is 2.50 bits per heavy atom. The Morgan fingerprint density at radius 2 is 1.95 bits per heavy atom. The number of aromatic hydroxyl groups is 1. The minimum atomic E-state index is -0.207. The van der Waals surface area contributed by atoms with Crippen LogP contribution in [0.3, 0.4) is 0 Å². The number of nitrogens with zero attached hydrogens (tertiary/aromatic N) is 2. The Balaban J connectivity index is 2.41. The van der Waals surface area contributed by atoms with E-state index in [1.807, 2.05) is 24.3 Å². The number of phenols is 1. The van der Waals surface area contributed by atoms with Crippen molar-refractivity contribution in [2.75, 3.05) is 0 Å². The Kier molecular flexibility index (Phi) is 4.28. The van der Waals surface area contributed by atoms with Crippen LogP contribution in [-0.4, -0.2) is 5.11 Å². The first kappa shape index (κ1) is 14.0. The van der Waals surface area contributed by atoms with Crippen LogP contribution in [-0.2, 0) is 0 Å². The van der Waals surface area contributed by atoms with Gasteiger partial charge in [0.05, 0.1) is 11.6 Å². The maximum absolute atomic E-state index is 10.4. The fourth-order valence-corrected chi connectivity index (χ4v) is 1.95. The third-order valence-corrected chi connectivity index (χ3v) is 3.21. The van der Waals surface area contributed by atoms with Crippen molar-refractivity contribution in [1.82, 2.24) is 0 Å². The van der Waals surface area contributed by atoms with Crippen LogP contribution in [0.15, 0.2) is 52.1 Å². The van der Waals surface area contributed by atoms with Crippen molar-refractivity contribution >= 4 is 33.3 Å². The van der Waals surface area contributed by atoms with Crippen LogP contribution in [0.25, 0.3) is 11.6 Å². The van der Waals surface area contributed by atoms with Gasteiger partial charge < -0.3 is 5.11 Å². The lowest BCUT2D eigenvalue weighted by atomic mass is 10.0. The number of hydrogen-bond donors (Lipinski definition) is 1. The maximum Gasteiger partial charge on any atom is 0.149 e. The molecule has 0 amide bonds. The average Bonchev–Trinajstić information content (AvgIpc) is 2.46. The number of nitroso groups, excluding NO2 is 1. The molecular formula is C15H9BrN2O2. The van der Waals surface area contributed by atoms with Crippen LogP contribution in [0.2, 0.25) is 0 Å². The molecule has 0 heterocycles. The molecule has 0 bridgehead atoms. The van der Waals surface area contributed by atoms with Gasteiger partial charge in [0.25, 0.3) is 0 Å². The molecule has 2 rings (SSSR count). The second-order valence-corrected chi connectivity index (χ2v) is 4.93. The van der Waals surface area contributed by atoms with Crippen LogP contribution in [0.4, 0.5) is 5.69 Å².